The topological polar surface area (TPSA) is 52.6 Å². The van der Waals surface area contributed by atoms with E-state index < -0.39 is 25.2 Å². The van der Waals surface area contributed by atoms with Crippen LogP contribution in [0.5, 0.6) is 0 Å². The molecule has 0 radical (unpaired) electrons. The van der Waals surface area contributed by atoms with Gasteiger partial charge in [-0.05, 0) is 41.5 Å². The van der Waals surface area contributed by atoms with Crippen molar-refractivity contribution < 1.29 is 19.1 Å². The van der Waals surface area contributed by atoms with E-state index in [-0.39, 0.29) is 5.97 Å². The highest BCUT2D eigenvalue weighted by Gasteiger charge is 2.38. The van der Waals surface area contributed by atoms with Crippen LogP contribution in [0.4, 0.5) is 0 Å². The maximum absolute atomic E-state index is 12.7. The van der Waals surface area contributed by atoms with Gasteiger partial charge in [0.05, 0.1) is 8.07 Å². The summed E-state index contributed by atoms with van der Waals surface area (Å²) in [6.07, 6.45) is 1.39. The van der Waals surface area contributed by atoms with Gasteiger partial charge in [-0.25, -0.2) is 9.59 Å². The van der Waals surface area contributed by atoms with Gasteiger partial charge in [0.2, 0.25) is 0 Å². The van der Waals surface area contributed by atoms with Gasteiger partial charge in [-0.1, -0.05) is 38.9 Å². The second-order valence-corrected chi connectivity index (χ2v) is 13.2. The summed E-state index contributed by atoms with van der Waals surface area (Å²) in [4.78, 5) is 25.0. The van der Waals surface area contributed by atoms with Gasteiger partial charge < -0.3 is 9.47 Å². The summed E-state index contributed by atoms with van der Waals surface area (Å²) in [5, 5.41) is 0.550. The van der Waals surface area contributed by atoms with Crippen molar-refractivity contribution in [3.63, 3.8) is 0 Å². The molecular weight excluding hydrogens is 308 g/mol. The summed E-state index contributed by atoms with van der Waals surface area (Å²) >= 11 is 0. The smallest absolute Gasteiger partial charge is 0.331 e. The highest BCUT2D eigenvalue weighted by atomic mass is 28.3. The van der Waals surface area contributed by atoms with E-state index in [0.717, 1.165) is 18.1 Å². The SMILES string of the molecule is CC[Si](CC)(CC)/C(=C/C(=O)OC(C)(C)C)C(=O)OC(C)(C)C. The molecule has 0 fully saturated rings. The van der Waals surface area contributed by atoms with Crippen LogP contribution in [0.25, 0.3) is 0 Å². The van der Waals surface area contributed by atoms with Gasteiger partial charge in [0.1, 0.15) is 11.2 Å². The first-order valence-corrected chi connectivity index (χ1v) is 11.1. The van der Waals surface area contributed by atoms with Crippen LogP contribution in [0.1, 0.15) is 62.3 Å². The third-order valence-electron chi connectivity index (χ3n) is 3.89. The Bertz CT molecular complexity index is 440. The van der Waals surface area contributed by atoms with E-state index in [1.165, 1.54) is 6.08 Å². The minimum Gasteiger partial charge on any atom is -0.457 e. The molecule has 134 valence electrons. The zero-order chi connectivity index (χ0) is 18.5. The van der Waals surface area contributed by atoms with E-state index in [0.29, 0.717) is 5.20 Å². The molecule has 0 rings (SSSR count). The molecule has 0 aliphatic rings. The molecule has 23 heavy (non-hydrogen) atoms. The summed E-state index contributed by atoms with van der Waals surface area (Å²) in [5.41, 5.74) is -1.17. The maximum Gasteiger partial charge on any atom is 0.331 e. The third kappa shape index (κ3) is 7.33. The van der Waals surface area contributed by atoms with Gasteiger partial charge in [-0.15, -0.1) is 0 Å². The predicted octanol–water partition coefficient (Wildman–Crippen LogP) is 4.64. The maximum atomic E-state index is 12.7. The van der Waals surface area contributed by atoms with Crippen molar-refractivity contribution in [3.8, 4) is 0 Å². The Hall–Kier alpha value is -1.10. The first-order chi connectivity index (χ1) is 10.3. The predicted molar refractivity (Wildman–Crippen MR) is 97.0 cm³/mol. The molecule has 5 heteroatoms. The third-order valence-corrected chi connectivity index (χ3v) is 9.44. The summed E-state index contributed by atoms with van der Waals surface area (Å²) in [7, 11) is -2.06. The van der Waals surface area contributed by atoms with Crippen LogP contribution in [0.15, 0.2) is 11.3 Å². The van der Waals surface area contributed by atoms with Crippen LogP contribution in [0, 0.1) is 0 Å². The Kier molecular flexibility index (Phi) is 7.74. The molecule has 0 aliphatic carbocycles. The minimum atomic E-state index is -2.06. The summed E-state index contributed by atoms with van der Waals surface area (Å²) in [5.74, 6) is -0.842. The van der Waals surface area contributed by atoms with Gasteiger partial charge in [-0.3, -0.25) is 0 Å². The number of hydrogen-bond donors (Lipinski definition) is 0. The Labute approximate surface area is 142 Å². The van der Waals surface area contributed by atoms with Crippen LogP contribution in [-0.2, 0) is 19.1 Å². The van der Waals surface area contributed by atoms with Crippen LogP contribution < -0.4 is 0 Å². The number of esters is 2. The fourth-order valence-corrected chi connectivity index (χ4v) is 6.08. The molecular formula is C18H34O4Si. The average Bonchev–Trinajstić information content (AvgIpc) is 2.35. The molecule has 0 atom stereocenters. The van der Waals surface area contributed by atoms with E-state index in [4.69, 9.17) is 9.47 Å². The van der Waals surface area contributed by atoms with Gasteiger partial charge in [0.25, 0.3) is 0 Å². The van der Waals surface area contributed by atoms with E-state index in [1.54, 1.807) is 0 Å². The number of ether oxygens (including phenoxy) is 2. The second kappa shape index (κ2) is 8.13. The Morgan fingerprint density at radius 3 is 1.52 bits per heavy atom. The molecule has 0 aromatic carbocycles. The van der Waals surface area contributed by atoms with E-state index >= 15 is 0 Å². The van der Waals surface area contributed by atoms with E-state index in [1.807, 2.05) is 41.5 Å². The van der Waals surface area contributed by atoms with Crippen molar-refractivity contribution >= 4 is 20.0 Å². The molecule has 0 aliphatic heterocycles. The molecule has 0 saturated heterocycles. The molecule has 0 aromatic rings. The summed E-state index contributed by atoms with van der Waals surface area (Å²) < 4.78 is 10.9. The van der Waals surface area contributed by atoms with Gasteiger partial charge in [0.15, 0.2) is 0 Å². The number of rotatable bonds is 6. The quantitative estimate of drug-likeness (QED) is 0.401. The second-order valence-electron chi connectivity index (χ2n) is 7.93. The zero-order valence-corrected chi connectivity index (χ0v) is 17.3. The van der Waals surface area contributed by atoms with Gasteiger partial charge >= 0.3 is 11.9 Å². The van der Waals surface area contributed by atoms with E-state index in [2.05, 4.69) is 20.8 Å². The van der Waals surface area contributed by atoms with E-state index in [9.17, 15) is 9.59 Å². The van der Waals surface area contributed by atoms with Crippen LogP contribution in [-0.4, -0.2) is 31.2 Å². The molecule has 0 spiro atoms. The summed E-state index contributed by atoms with van der Waals surface area (Å²) in [6.45, 7) is 17.2. The van der Waals surface area contributed by atoms with Gasteiger partial charge in [0, 0.05) is 11.3 Å². The van der Waals surface area contributed by atoms with Gasteiger partial charge in [-0.2, -0.15) is 0 Å². The number of hydrogen-bond acceptors (Lipinski definition) is 4. The Morgan fingerprint density at radius 1 is 0.826 bits per heavy atom. The Morgan fingerprint density at radius 2 is 1.22 bits per heavy atom. The fraction of sp³-hybridized carbons (Fsp3) is 0.778. The molecule has 0 amide bonds. The Balaban J connectivity index is 5.81. The number of carbonyl (C=O) groups is 2. The standard InChI is InChI=1S/C18H34O4Si/c1-10-23(11-2,12-3)14(16(20)22-18(7,8)9)13-15(19)21-17(4,5)6/h13H,10-12H2,1-9H3/b14-13+. The van der Waals surface area contributed by atoms with Crippen molar-refractivity contribution in [2.24, 2.45) is 0 Å². The number of carbonyl (C=O) groups excluding carboxylic acids is 2. The molecule has 0 aromatic heterocycles. The lowest BCUT2D eigenvalue weighted by Gasteiger charge is -2.32. The first kappa shape index (κ1) is 21.9. The molecule has 0 bridgehead atoms. The lowest BCUT2D eigenvalue weighted by Crippen LogP contribution is -2.41. The van der Waals surface area contributed by atoms with Crippen LogP contribution in [0.3, 0.4) is 0 Å². The molecule has 0 saturated carbocycles. The average molecular weight is 343 g/mol. The largest absolute Gasteiger partial charge is 0.457 e. The fourth-order valence-electron chi connectivity index (χ4n) is 2.53. The van der Waals surface area contributed by atoms with Crippen molar-refractivity contribution in [1.29, 1.82) is 0 Å². The van der Waals surface area contributed by atoms with Crippen molar-refractivity contribution in [2.45, 2.75) is 91.6 Å². The van der Waals surface area contributed by atoms with Crippen LogP contribution in [0.2, 0.25) is 18.1 Å². The van der Waals surface area contributed by atoms with Crippen molar-refractivity contribution in [1.82, 2.24) is 0 Å². The van der Waals surface area contributed by atoms with Crippen molar-refractivity contribution in [3.05, 3.63) is 11.3 Å². The first-order valence-electron chi connectivity index (χ1n) is 8.48. The molecule has 4 nitrogen and oxygen atoms in total. The highest BCUT2D eigenvalue weighted by molar-refractivity contribution is 6.90. The monoisotopic (exact) mass is 342 g/mol. The molecule has 0 unspecified atom stereocenters. The van der Waals surface area contributed by atoms with Crippen LogP contribution >= 0.6 is 0 Å². The lowest BCUT2D eigenvalue weighted by molar-refractivity contribution is -0.152. The zero-order valence-electron chi connectivity index (χ0n) is 16.3. The normalized spacial score (nSPS) is 13.7. The lowest BCUT2D eigenvalue weighted by atomic mass is 10.2. The molecule has 0 N–H and O–H groups in total. The highest BCUT2D eigenvalue weighted by Crippen LogP contribution is 2.31. The minimum absolute atomic E-state index is 0.374. The summed E-state index contributed by atoms with van der Waals surface area (Å²) in [6, 6.07) is 2.69. The molecule has 0 heterocycles. The van der Waals surface area contributed by atoms with Crippen molar-refractivity contribution in [2.75, 3.05) is 0 Å².